The van der Waals surface area contributed by atoms with Gasteiger partial charge in [-0.3, -0.25) is 0 Å². The molecule has 0 aromatic carbocycles. The molecule has 0 aliphatic heterocycles. The number of hydrogen-bond acceptors (Lipinski definition) is 3. The van der Waals surface area contributed by atoms with E-state index in [0.29, 0.717) is 6.04 Å². The lowest BCUT2D eigenvalue weighted by Gasteiger charge is -2.12. The van der Waals surface area contributed by atoms with Crippen molar-refractivity contribution in [2.45, 2.75) is 59.2 Å². The minimum atomic E-state index is 0.562. The van der Waals surface area contributed by atoms with E-state index in [2.05, 4.69) is 40.9 Å². The Bertz CT molecular complexity index is 269. The van der Waals surface area contributed by atoms with Crippen LogP contribution in [0, 0.1) is 0 Å². The molecule has 0 bridgehead atoms. The van der Waals surface area contributed by atoms with Gasteiger partial charge in [0.05, 0.1) is 6.54 Å². The second-order valence-corrected chi connectivity index (χ2v) is 3.96. The molecule has 15 heavy (non-hydrogen) atoms. The minimum absolute atomic E-state index is 0.562. The molecule has 1 atom stereocenters. The van der Waals surface area contributed by atoms with Crippen LogP contribution in [0.5, 0.6) is 0 Å². The molecule has 4 nitrogen and oxygen atoms in total. The van der Waals surface area contributed by atoms with Crippen molar-refractivity contribution in [2.24, 2.45) is 0 Å². The van der Waals surface area contributed by atoms with Gasteiger partial charge in [-0.25, -0.2) is 0 Å². The van der Waals surface area contributed by atoms with Crippen LogP contribution in [-0.4, -0.2) is 20.8 Å². The minimum Gasteiger partial charge on any atom is -0.317 e. The second-order valence-electron chi connectivity index (χ2n) is 3.96. The summed E-state index contributed by atoms with van der Waals surface area (Å²) in [6, 6.07) is 0.562. The fraction of sp³-hybridized carbons (Fsp3) is 0.818. The first-order valence-corrected chi connectivity index (χ1v) is 5.88. The monoisotopic (exact) mass is 210 g/mol. The Morgan fingerprint density at radius 2 is 2.27 bits per heavy atom. The number of rotatable bonds is 7. The number of hydrogen-bond donors (Lipinski definition) is 1. The molecule has 1 heterocycles. The summed E-state index contributed by atoms with van der Waals surface area (Å²) in [5.74, 6) is 1.03. The molecule has 0 aliphatic rings. The lowest BCUT2D eigenvalue weighted by Crippen LogP contribution is -2.26. The zero-order valence-electron chi connectivity index (χ0n) is 10.0. The van der Waals surface area contributed by atoms with Gasteiger partial charge < -0.3 is 9.88 Å². The smallest absolute Gasteiger partial charge is 0.146 e. The zero-order valence-corrected chi connectivity index (χ0v) is 10.0. The molecule has 86 valence electrons. The molecule has 1 rings (SSSR count). The van der Waals surface area contributed by atoms with E-state index in [-0.39, 0.29) is 0 Å². The van der Waals surface area contributed by atoms with Crippen LogP contribution in [0.4, 0.5) is 0 Å². The molecule has 0 spiro atoms. The van der Waals surface area contributed by atoms with Gasteiger partial charge in [-0.05, 0) is 20.3 Å². The van der Waals surface area contributed by atoms with Crippen molar-refractivity contribution in [1.29, 1.82) is 0 Å². The van der Waals surface area contributed by atoms with Gasteiger partial charge in [-0.2, -0.15) is 0 Å². The van der Waals surface area contributed by atoms with E-state index in [0.717, 1.165) is 18.9 Å². The molecule has 0 radical (unpaired) electrons. The van der Waals surface area contributed by atoms with Gasteiger partial charge in [0.25, 0.3) is 0 Å². The number of aromatic nitrogens is 3. The van der Waals surface area contributed by atoms with Crippen LogP contribution in [0.25, 0.3) is 0 Å². The molecular formula is C11H22N4. The Morgan fingerprint density at radius 1 is 1.47 bits per heavy atom. The molecule has 1 unspecified atom stereocenters. The topological polar surface area (TPSA) is 42.7 Å². The van der Waals surface area contributed by atoms with Crippen molar-refractivity contribution in [3.63, 3.8) is 0 Å². The summed E-state index contributed by atoms with van der Waals surface area (Å²) in [4.78, 5) is 0. The average Bonchev–Trinajstić information content (AvgIpc) is 2.70. The van der Waals surface area contributed by atoms with Gasteiger partial charge in [0.15, 0.2) is 0 Å². The third-order valence-corrected chi connectivity index (χ3v) is 2.64. The van der Waals surface area contributed by atoms with Gasteiger partial charge in [0.1, 0.15) is 12.2 Å². The molecule has 0 amide bonds. The Kier molecular flexibility index (Phi) is 5.32. The highest BCUT2D eigenvalue weighted by atomic mass is 15.3. The van der Waals surface area contributed by atoms with Crippen LogP contribution >= 0.6 is 0 Å². The normalized spacial score (nSPS) is 13.0. The van der Waals surface area contributed by atoms with Crippen LogP contribution in [0.2, 0.25) is 0 Å². The summed E-state index contributed by atoms with van der Waals surface area (Å²) < 4.78 is 2.07. The maximum absolute atomic E-state index is 4.09. The van der Waals surface area contributed by atoms with E-state index in [1.54, 1.807) is 6.33 Å². The maximum atomic E-state index is 4.09. The summed E-state index contributed by atoms with van der Waals surface area (Å²) in [7, 11) is 0. The fourth-order valence-corrected chi connectivity index (χ4v) is 1.56. The predicted octanol–water partition coefficient (Wildman–Crippen LogP) is 1.97. The summed E-state index contributed by atoms with van der Waals surface area (Å²) in [5.41, 5.74) is 0. The molecule has 0 saturated carbocycles. The van der Waals surface area contributed by atoms with Crippen molar-refractivity contribution >= 4 is 0 Å². The number of unbranched alkanes of at least 4 members (excludes halogenated alkanes) is 1. The second kappa shape index (κ2) is 6.56. The summed E-state index contributed by atoms with van der Waals surface area (Å²) in [6.45, 7) is 8.31. The van der Waals surface area contributed by atoms with Crippen molar-refractivity contribution in [2.75, 3.05) is 0 Å². The van der Waals surface area contributed by atoms with E-state index in [1.165, 1.54) is 19.3 Å². The average molecular weight is 210 g/mol. The molecule has 1 N–H and O–H groups in total. The lowest BCUT2D eigenvalue weighted by atomic mass is 10.1. The Morgan fingerprint density at radius 3 is 2.93 bits per heavy atom. The van der Waals surface area contributed by atoms with Crippen LogP contribution in [0.1, 0.15) is 45.9 Å². The van der Waals surface area contributed by atoms with Crippen molar-refractivity contribution in [3.05, 3.63) is 12.2 Å². The first-order chi connectivity index (χ1) is 7.27. The third kappa shape index (κ3) is 4.00. The van der Waals surface area contributed by atoms with Crippen LogP contribution in [0.15, 0.2) is 6.33 Å². The zero-order chi connectivity index (χ0) is 11.1. The summed E-state index contributed by atoms with van der Waals surface area (Å²) >= 11 is 0. The first-order valence-electron chi connectivity index (χ1n) is 5.88. The highest BCUT2D eigenvalue weighted by Gasteiger charge is 2.05. The highest BCUT2D eigenvalue weighted by molar-refractivity contribution is 4.85. The van der Waals surface area contributed by atoms with Gasteiger partial charge in [-0.15, -0.1) is 10.2 Å². The molecule has 1 aromatic heterocycles. The van der Waals surface area contributed by atoms with Crippen LogP contribution < -0.4 is 5.32 Å². The molecule has 1 aromatic rings. The summed E-state index contributed by atoms with van der Waals surface area (Å²) in [5, 5.41) is 11.5. The number of nitrogens with zero attached hydrogens (tertiary/aromatic N) is 3. The molecule has 0 aliphatic carbocycles. The SMILES string of the molecule is CCCCC(C)NCc1nncn1CC. The molecule has 4 heteroatoms. The Balaban J connectivity index is 2.30. The van der Waals surface area contributed by atoms with Gasteiger partial charge in [0.2, 0.25) is 0 Å². The van der Waals surface area contributed by atoms with Crippen LogP contribution in [-0.2, 0) is 13.1 Å². The van der Waals surface area contributed by atoms with E-state index >= 15 is 0 Å². The summed E-state index contributed by atoms with van der Waals surface area (Å²) in [6.07, 6.45) is 5.57. The first kappa shape index (κ1) is 12.2. The van der Waals surface area contributed by atoms with Crippen LogP contribution in [0.3, 0.4) is 0 Å². The highest BCUT2D eigenvalue weighted by Crippen LogP contribution is 2.01. The predicted molar refractivity (Wildman–Crippen MR) is 61.5 cm³/mol. The molecular weight excluding hydrogens is 188 g/mol. The van der Waals surface area contributed by atoms with Crippen molar-refractivity contribution < 1.29 is 0 Å². The lowest BCUT2D eigenvalue weighted by molar-refractivity contribution is 0.479. The number of nitrogens with one attached hydrogen (secondary N) is 1. The van der Waals surface area contributed by atoms with Gasteiger partial charge >= 0.3 is 0 Å². The van der Waals surface area contributed by atoms with E-state index in [4.69, 9.17) is 0 Å². The quantitative estimate of drug-likeness (QED) is 0.748. The maximum Gasteiger partial charge on any atom is 0.146 e. The van der Waals surface area contributed by atoms with Gasteiger partial charge in [-0.1, -0.05) is 19.8 Å². The molecule has 0 fully saturated rings. The molecule has 0 saturated heterocycles. The Hall–Kier alpha value is -0.900. The standard InChI is InChI=1S/C11H22N4/c1-4-6-7-10(3)12-8-11-14-13-9-15(11)5-2/h9-10,12H,4-8H2,1-3H3. The Labute approximate surface area is 92.1 Å². The van der Waals surface area contributed by atoms with Gasteiger partial charge in [0, 0.05) is 12.6 Å². The van der Waals surface area contributed by atoms with E-state index in [9.17, 15) is 0 Å². The van der Waals surface area contributed by atoms with Crippen molar-refractivity contribution in [3.8, 4) is 0 Å². The van der Waals surface area contributed by atoms with E-state index < -0.39 is 0 Å². The van der Waals surface area contributed by atoms with E-state index in [1.807, 2.05) is 0 Å². The number of aryl methyl sites for hydroxylation is 1. The fourth-order valence-electron chi connectivity index (χ4n) is 1.56. The van der Waals surface area contributed by atoms with Crippen molar-refractivity contribution in [1.82, 2.24) is 20.1 Å². The largest absolute Gasteiger partial charge is 0.317 e. The third-order valence-electron chi connectivity index (χ3n) is 2.64.